The summed E-state index contributed by atoms with van der Waals surface area (Å²) in [5, 5.41) is 8.84. The molecule has 1 unspecified atom stereocenters. The van der Waals surface area contributed by atoms with Gasteiger partial charge in [0.2, 0.25) is 0 Å². The summed E-state index contributed by atoms with van der Waals surface area (Å²) in [7, 11) is -4.70. The van der Waals surface area contributed by atoms with Gasteiger partial charge in [0.15, 0.2) is 6.10 Å². The van der Waals surface area contributed by atoms with Crippen molar-refractivity contribution in [3.63, 3.8) is 0 Å². The molecule has 48 heavy (non-hydrogen) atoms. The van der Waals surface area contributed by atoms with Crippen LogP contribution < -0.4 is 5.73 Å². The van der Waals surface area contributed by atoms with Gasteiger partial charge < -0.3 is 25.2 Å². The van der Waals surface area contributed by atoms with Crippen molar-refractivity contribution in [1.82, 2.24) is 0 Å². The van der Waals surface area contributed by atoms with E-state index < -0.39 is 51.1 Å². The number of hydrogen-bond donors (Lipinski definition) is 3. The highest BCUT2D eigenvalue weighted by molar-refractivity contribution is 7.47. The molecule has 3 atom stereocenters. The number of nitrogens with two attached hydrogens (primary N) is 1. The number of phosphoric ester groups is 1. The zero-order valence-corrected chi connectivity index (χ0v) is 31.0. The smallest absolute Gasteiger partial charge is 0.472 e. The van der Waals surface area contributed by atoms with Crippen molar-refractivity contribution >= 4 is 25.7 Å². The van der Waals surface area contributed by atoms with Gasteiger partial charge >= 0.3 is 25.7 Å². The molecule has 0 saturated heterocycles. The fourth-order valence-corrected chi connectivity index (χ4v) is 5.78. The van der Waals surface area contributed by atoms with Gasteiger partial charge in [0.1, 0.15) is 12.6 Å². The van der Waals surface area contributed by atoms with Crippen molar-refractivity contribution in [3.05, 3.63) is 12.2 Å². The Morgan fingerprint density at radius 2 is 1.04 bits per heavy atom. The van der Waals surface area contributed by atoms with Crippen molar-refractivity contribution in [2.75, 3.05) is 19.8 Å². The van der Waals surface area contributed by atoms with E-state index in [2.05, 4.69) is 30.5 Å². The summed E-state index contributed by atoms with van der Waals surface area (Å²) in [5.74, 6) is -2.39. The molecule has 0 aliphatic rings. The summed E-state index contributed by atoms with van der Waals surface area (Å²) in [4.78, 5) is 45.6. The van der Waals surface area contributed by atoms with Gasteiger partial charge in [0.05, 0.1) is 13.2 Å². The van der Waals surface area contributed by atoms with Gasteiger partial charge in [0.25, 0.3) is 0 Å². The first kappa shape index (κ1) is 46.2. The summed E-state index contributed by atoms with van der Waals surface area (Å²) in [5.41, 5.74) is 5.31. The van der Waals surface area contributed by atoms with E-state index in [-0.39, 0.29) is 19.4 Å². The van der Waals surface area contributed by atoms with Crippen LogP contribution in [0.3, 0.4) is 0 Å². The van der Waals surface area contributed by atoms with Crippen LogP contribution in [0.2, 0.25) is 0 Å². The van der Waals surface area contributed by atoms with Crippen LogP contribution in [0.4, 0.5) is 0 Å². The monoisotopic (exact) mass is 705 g/mol. The number of ether oxygens (including phenoxy) is 2. The lowest BCUT2D eigenvalue weighted by molar-refractivity contribution is -0.161. The number of rotatable bonds is 35. The van der Waals surface area contributed by atoms with Crippen LogP contribution in [0.15, 0.2) is 12.2 Å². The van der Waals surface area contributed by atoms with Gasteiger partial charge in [0, 0.05) is 12.8 Å². The average Bonchev–Trinajstić information content (AvgIpc) is 3.05. The molecule has 0 aromatic rings. The van der Waals surface area contributed by atoms with Crippen molar-refractivity contribution in [1.29, 1.82) is 0 Å². The Bertz CT molecular complexity index is 885. The molecule has 0 radical (unpaired) electrons. The third kappa shape index (κ3) is 31.5. The molecule has 0 rings (SSSR count). The quantitative estimate of drug-likeness (QED) is 0.0249. The number of aliphatic carboxylic acids is 1. The van der Waals surface area contributed by atoms with Gasteiger partial charge in [-0.3, -0.25) is 23.4 Å². The first-order valence-electron chi connectivity index (χ1n) is 18.7. The second kappa shape index (κ2) is 32.4. The van der Waals surface area contributed by atoms with E-state index >= 15 is 0 Å². The number of allylic oxidation sites excluding steroid dienone is 2. The number of carboxylic acids is 1. The van der Waals surface area contributed by atoms with Gasteiger partial charge in [-0.15, -0.1) is 0 Å². The zero-order valence-electron chi connectivity index (χ0n) is 30.1. The van der Waals surface area contributed by atoms with Crippen LogP contribution in [0.1, 0.15) is 168 Å². The molecule has 11 nitrogen and oxygen atoms in total. The summed E-state index contributed by atoms with van der Waals surface area (Å²) in [6.07, 6.45) is 28.5. The normalized spacial score (nSPS) is 14.1. The Kier molecular flexibility index (Phi) is 31.2. The molecule has 0 amide bonds. The Morgan fingerprint density at radius 1 is 0.625 bits per heavy atom. The second-order valence-electron chi connectivity index (χ2n) is 12.7. The molecule has 0 heterocycles. The van der Waals surface area contributed by atoms with E-state index in [9.17, 15) is 23.8 Å². The van der Waals surface area contributed by atoms with Crippen molar-refractivity contribution < 1.29 is 47.5 Å². The first-order valence-corrected chi connectivity index (χ1v) is 20.2. The van der Waals surface area contributed by atoms with Crippen LogP contribution >= 0.6 is 7.82 Å². The van der Waals surface area contributed by atoms with Crippen molar-refractivity contribution in [2.45, 2.75) is 180 Å². The van der Waals surface area contributed by atoms with E-state index in [1.165, 1.54) is 70.6 Å². The molecular formula is C36H68NO10P. The van der Waals surface area contributed by atoms with E-state index in [4.69, 9.17) is 24.8 Å². The summed E-state index contributed by atoms with van der Waals surface area (Å²) < 4.78 is 32.5. The minimum atomic E-state index is -4.70. The maximum absolute atomic E-state index is 12.5. The number of carbonyl (C=O) groups is 3. The predicted octanol–water partition coefficient (Wildman–Crippen LogP) is 8.95. The number of hydrogen-bond acceptors (Lipinski definition) is 9. The number of carboxylic acid groups (broad SMARTS) is 1. The van der Waals surface area contributed by atoms with Crippen molar-refractivity contribution in [2.24, 2.45) is 5.73 Å². The third-order valence-corrected chi connectivity index (χ3v) is 8.96. The highest BCUT2D eigenvalue weighted by Gasteiger charge is 2.28. The maximum atomic E-state index is 12.5. The Labute approximate surface area is 290 Å². The largest absolute Gasteiger partial charge is 0.480 e. The van der Waals surface area contributed by atoms with Gasteiger partial charge in [-0.1, -0.05) is 129 Å². The molecular weight excluding hydrogens is 637 g/mol. The fraction of sp³-hybridized carbons (Fsp3) is 0.861. The van der Waals surface area contributed by atoms with Crippen molar-refractivity contribution in [3.8, 4) is 0 Å². The lowest BCUT2D eigenvalue weighted by Crippen LogP contribution is -2.34. The molecule has 0 spiro atoms. The van der Waals surface area contributed by atoms with Crippen LogP contribution in [-0.4, -0.2) is 59.9 Å². The van der Waals surface area contributed by atoms with Gasteiger partial charge in [-0.2, -0.15) is 0 Å². The van der Waals surface area contributed by atoms with Gasteiger partial charge in [-0.05, 0) is 38.5 Å². The molecule has 0 aromatic carbocycles. The molecule has 0 bridgehead atoms. The standard InChI is InChI=1S/C36H68NO10P/c1-3-5-7-9-11-13-15-17-19-21-23-25-27-34(38)44-29-32(30-45-48(42,43)46-31-33(37)36(40)41)47-35(39)28-26-24-22-20-18-16-14-12-10-8-6-4-2/h11,13,32-33H,3-10,12,14-31,37H2,1-2H3,(H,40,41)(H,42,43)/b13-11+/t32-,33+/m1/s1. The highest BCUT2D eigenvalue weighted by atomic mass is 31.2. The molecule has 282 valence electrons. The minimum absolute atomic E-state index is 0.164. The molecule has 0 aliphatic carbocycles. The van der Waals surface area contributed by atoms with Crippen LogP contribution in [-0.2, 0) is 37.5 Å². The number of carbonyl (C=O) groups excluding carboxylic acids is 2. The lowest BCUT2D eigenvalue weighted by atomic mass is 10.0. The number of esters is 2. The zero-order chi connectivity index (χ0) is 35.7. The predicted molar refractivity (Wildman–Crippen MR) is 189 cm³/mol. The third-order valence-electron chi connectivity index (χ3n) is 8.01. The van der Waals surface area contributed by atoms with Crippen LogP contribution in [0.5, 0.6) is 0 Å². The lowest BCUT2D eigenvalue weighted by Gasteiger charge is -2.20. The molecule has 0 aromatic heterocycles. The number of phosphoric acid groups is 1. The van der Waals surface area contributed by atoms with Crippen LogP contribution in [0, 0.1) is 0 Å². The molecule has 0 fully saturated rings. The summed E-state index contributed by atoms with van der Waals surface area (Å²) in [6, 6.07) is -1.52. The SMILES string of the molecule is CCCCC/C=C/CCCCCCCC(=O)OC[C@H](COP(=O)(O)OC[C@H](N)C(=O)O)OC(=O)CCCCCCCCCCCCCC. The summed E-state index contributed by atoms with van der Waals surface area (Å²) >= 11 is 0. The van der Waals surface area contributed by atoms with Gasteiger partial charge in [-0.25, -0.2) is 4.57 Å². The van der Waals surface area contributed by atoms with E-state index in [1.807, 2.05) is 0 Å². The highest BCUT2D eigenvalue weighted by Crippen LogP contribution is 2.43. The van der Waals surface area contributed by atoms with E-state index in [0.29, 0.717) is 12.8 Å². The average molecular weight is 706 g/mol. The fourth-order valence-electron chi connectivity index (χ4n) is 5.00. The number of unbranched alkanes of at least 4 members (excludes halogenated alkanes) is 19. The Hall–Kier alpha value is -1.78. The molecule has 0 aliphatic heterocycles. The maximum Gasteiger partial charge on any atom is 0.472 e. The first-order chi connectivity index (χ1) is 23.1. The minimum Gasteiger partial charge on any atom is -0.480 e. The van der Waals surface area contributed by atoms with Crippen LogP contribution in [0.25, 0.3) is 0 Å². The Morgan fingerprint density at radius 3 is 1.56 bits per heavy atom. The second-order valence-corrected chi connectivity index (χ2v) is 14.2. The van der Waals surface area contributed by atoms with E-state index in [0.717, 1.165) is 57.8 Å². The molecule has 0 saturated carbocycles. The topological polar surface area (TPSA) is 172 Å². The van der Waals surface area contributed by atoms with E-state index in [1.54, 1.807) is 0 Å². The molecule has 12 heteroatoms. The molecule has 4 N–H and O–H groups in total. The summed E-state index contributed by atoms with van der Waals surface area (Å²) in [6.45, 7) is 2.75. The Balaban J connectivity index is 4.46.